The van der Waals surface area contributed by atoms with Crippen LogP contribution in [0, 0.1) is 0 Å². The maximum absolute atomic E-state index is 2.55. The Hall–Kier alpha value is -4.62. The molecule has 0 N–H and O–H groups in total. The van der Waals surface area contributed by atoms with Gasteiger partial charge in [-0.15, -0.1) is 0 Å². The molecule has 2 aliphatic rings. The second-order valence-corrected chi connectivity index (χ2v) is 13.2. The van der Waals surface area contributed by atoms with Crippen LogP contribution in [0.3, 0.4) is 0 Å². The predicted molar refractivity (Wildman–Crippen MR) is 178 cm³/mol. The molecule has 1 aliphatic heterocycles. The van der Waals surface area contributed by atoms with Crippen LogP contribution in [0.2, 0.25) is 0 Å². The monoisotopic (exact) mass is 541 g/mol. The summed E-state index contributed by atoms with van der Waals surface area (Å²) in [4.78, 5) is 0. The van der Waals surface area contributed by atoms with Crippen molar-refractivity contribution in [1.29, 1.82) is 0 Å². The van der Waals surface area contributed by atoms with Crippen LogP contribution in [0.5, 0.6) is 0 Å². The molecule has 6 aromatic rings. The van der Waals surface area contributed by atoms with Gasteiger partial charge in [-0.2, -0.15) is 0 Å². The van der Waals surface area contributed by atoms with E-state index in [2.05, 4.69) is 154 Å². The van der Waals surface area contributed by atoms with E-state index in [0.717, 1.165) is 6.42 Å². The van der Waals surface area contributed by atoms with Crippen LogP contribution in [-0.4, -0.2) is 4.57 Å². The molecule has 0 amide bonds. The highest BCUT2D eigenvalue weighted by Gasteiger charge is 2.36. The van der Waals surface area contributed by atoms with Gasteiger partial charge in [0, 0.05) is 28.2 Å². The molecule has 204 valence electrons. The van der Waals surface area contributed by atoms with Gasteiger partial charge >= 0.3 is 0 Å². The molecule has 0 radical (unpaired) electrons. The molecule has 2 heterocycles. The Kier molecular flexibility index (Phi) is 5.50. The van der Waals surface area contributed by atoms with Crippen LogP contribution in [0.1, 0.15) is 62.4 Å². The van der Waals surface area contributed by atoms with Gasteiger partial charge < -0.3 is 4.57 Å². The first kappa shape index (κ1) is 25.1. The van der Waals surface area contributed by atoms with Crippen molar-refractivity contribution in [1.82, 2.24) is 4.57 Å². The molecule has 42 heavy (non-hydrogen) atoms. The van der Waals surface area contributed by atoms with E-state index in [0.29, 0.717) is 5.92 Å². The van der Waals surface area contributed by atoms with Crippen LogP contribution >= 0.6 is 0 Å². The number of nitrogens with zero attached hydrogens (tertiary/aromatic N) is 1. The third-order valence-electron chi connectivity index (χ3n) is 9.30. The average Bonchev–Trinajstić information content (AvgIpc) is 3.51. The largest absolute Gasteiger partial charge is 0.312 e. The number of hydrogen-bond acceptors (Lipinski definition) is 0. The molecule has 0 saturated heterocycles. The number of benzene rings is 5. The zero-order valence-corrected chi connectivity index (χ0v) is 24.8. The van der Waals surface area contributed by atoms with Crippen LogP contribution in [0.15, 0.2) is 121 Å². The SMILES string of the molecule is CC1=Cc2c3n(c4ccc(-c5cccc(-c6cccc(-c7ccccc7)c6)c5)cc24)-c2ccc(C(C)(C)C)cc2C3C1. The molecule has 1 aromatic heterocycles. The summed E-state index contributed by atoms with van der Waals surface area (Å²) in [6.07, 6.45) is 3.54. The van der Waals surface area contributed by atoms with E-state index >= 15 is 0 Å². The Morgan fingerprint density at radius 1 is 0.619 bits per heavy atom. The van der Waals surface area contributed by atoms with E-state index in [1.54, 1.807) is 0 Å². The summed E-state index contributed by atoms with van der Waals surface area (Å²) in [5.41, 5.74) is 17.5. The minimum Gasteiger partial charge on any atom is -0.312 e. The normalized spacial score (nSPS) is 15.4. The van der Waals surface area contributed by atoms with Crippen molar-refractivity contribution >= 4 is 17.0 Å². The fraction of sp³-hybridized carbons (Fsp3) is 0.171. The van der Waals surface area contributed by atoms with Crippen LogP contribution in [0.4, 0.5) is 0 Å². The van der Waals surface area contributed by atoms with Crippen molar-refractivity contribution < 1.29 is 0 Å². The molecule has 1 atom stereocenters. The number of allylic oxidation sites excluding steroid dienone is 1. The third-order valence-corrected chi connectivity index (χ3v) is 9.30. The number of hydrogen-bond donors (Lipinski definition) is 0. The van der Waals surface area contributed by atoms with Crippen molar-refractivity contribution in [3.8, 4) is 39.1 Å². The molecule has 1 nitrogen and oxygen atoms in total. The van der Waals surface area contributed by atoms with Crippen LogP contribution in [0.25, 0.3) is 56.0 Å². The quantitative estimate of drug-likeness (QED) is 0.210. The molecule has 5 aromatic carbocycles. The van der Waals surface area contributed by atoms with Gasteiger partial charge in [-0.05, 0) is 93.6 Å². The minimum absolute atomic E-state index is 0.142. The highest BCUT2D eigenvalue weighted by Crippen LogP contribution is 2.51. The summed E-state index contributed by atoms with van der Waals surface area (Å²) >= 11 is 0. The zero-order chi connectivity index (χ0) is 28.6. The summed E-state index contributed by atoms with van der Waals surface area (Å²) in [6, 6.07) is 42.8. The molecule has 1 unspecified atom stereocenters. The maximum Gasteiger partial charge on any atom is 0.0538 e. The molecular weight excluding hydrogens is 506 g/mol. The van der Waals surface area contributed by atoms with Gasteiger partial charge in [0.25, 0.3) is 0 Å². The lowest BCUT2D eigenvalue weighted by molar-refractivity contribution is 0.589. The zero-order valence-electron chi connectivity index (χ0n) is 24.8. The molecule has 0 saturated carbocycles. The van der Waals surface area contributed by atoms with Crippen LogP contribution in [-0.2, 0) is 5.41 Å². The van der Waals surface area contributed by atoms with Gasteiger partial charge in [-0.3, -0.25) is 0 Å². The van der Waals surface area contributed by atoms with Crippen molar-refractivity contribution in [2.24, 2.45) is 0 Å². The Balaban J connectivity index is 1.23. The van der Waals surface area contributed by atoms with E-state index in [4.69, 9.17) is 0 Å². The van der Waals surface area contributed by atoms with E-state index < -0.39 is 0 Å². The van der Waals surface area contributed by atoms with Gasteiger partial charge in [0.15, 0.2) is 0 Å². The molecule has 0 spiro atoms. The Bertz CT molecular complexity index is 2050. The molecule has 1 heteroatoms. The van der Waals surface area contributed by atoms with Crippen molar-refractivity contribution in [3.63, 3.8) is 0 Å². The van der Waals surface area contributed by atoms with E-state index in [9.17, 15) is 0 Å². The number of fused-ring (bicyclic) bond motifs is 6. The Morgan fingerprint density at radius 3 is 1.90 bits per heavy atom. The Morgan fingerprint density at radius 2 is 1.24 bits per heavy atom. The maximum atomic E-state index is 2.55. The van der Waals surface area contributed by atoms with E-state index in [1.807, 2.05) is 0 Å². The third kappa shape index (κ3) is 3.91. The van der Waals surface area contributed by atoms with Gasteiger partial charge in [0.1, 0.15) is 0 Å². The summed E-state index contributed by atoms with van der Waals surface area (Å²) in [5.74, 6) is 0.429. The first-order chi connectivity index (χ1) is 20.3. The first-order valence-corrected chi connectivity index (χ1v) is 15.1. The van der Waals surface area contributed by atoms with Gasteiger partial charge in [0.05, 0.1) is 5.52 Å². The summed E-state index contributed by atoms with van der Waals surface area (Å²) in [6.45, 7) is 9.24. The van der Waals surface area contributed by atoms with Gasteiger partial charge in [-0.1, -0.05) is 117 Å². The predicted octanol–water partition coefficient (Wildman–Crippen LogP) is 11.2. The molecule has 0 bridgehead atoms. The molecular formula is C41H35N. The smallest absolute Gasteiger partial charge is 0.0538 e. The topological polar surface area (TPSA) is 4.93 Å². The van der Waals surface area contributed by atoms with E-state index in [1.165, 1.54) is 77.9 Å². The van der Waals surface area contributed by atoms with Crippen molar-refractivity contribution in [3.05, 3.63) is 143 Å². The Labute approximate surface area is 248 Å². The lowest BCUT2D eigenvalue weighted by Crippen LogP contribution is -2.12. The molecule has 8 rings (SSSR count). The number of rotatable bonds is 3. The summed E-state index contributed by atoms with van der Waals surface area (Å²) < 4.78 is 2.55. The summed E-state index contributed by atoms with van der Waals surface area (Å²) in [7, 11) is 0. The highest BCUT2D eigenvalue weighted by molar-refractivity contribution is 5.98. The van der Waals surface area contributed by atoms with Gasteiger partial charge in [-0.25, -0.2) is 0 Å². The van der Waals surface area contributed by atoms with E-state index in [-0.39, 0.29) is 5.41 Å². The van der Waals surface area contributed by atoms with Gasteiger partial charge in [0.2, 0.25) is 0 Å². The minimum atomic E-state index is 0.142. The average molecular weight is 542 g/mol. The fourth-order valence-corrected chi connectivity index (χ4v) is 7.14. The van der Waals surface area contributed by atoms with Crippen molar-refractivity contribution in [2.75, 3.05) is 0 Å². The standard InChI is InChI=1S/C41H35N/c1-26-20-36-34-24-32(31-15-9-14-30(23-31)29-13-8-12-28(22-29)27-10-6-5-7-11-27)16-18-38(34)42-39-19-17-33(41(2,3)4)25-35(39)37(21-26)40(36)42/h5-20,22-25,37H,21H2,1-4H3. The first-order valence-electron chi connectivity index (χ1n) is 15.1. The lowest BCUT2D eigenvalue weighted by Gasteiger charge is -2.23. The molecule has 0 fully saturated rings. The van der Waals surface area contributed by atoms with Crippen LogP contribution < -0.4 is 0 Å². The lowest BCUT2D eigenvalue weighted by atomic mass is 9.80. The van der Waals surface area contributed by atoms with Crippen molar-refractivity contribution in [2.45, 2.75) is 45.4 Å². The number of aromatic nitrogens is 1. The highest BCUT2D eigenvalue weighted by atomic mass is 15.0. The second kappa shape index (κ2) is 9.19. The molecule has 1 aliphatic carbocycles. The fourth-order valence-electron chi connectivity index (χ4n) is 7.14. The second-order valence-electron chi connectivity index (χ2n) is 13.2. The summed E-state index contributed by atoms with van der Waals surface area (Å²) in [5, 5.41) is 1.36.